The van der Waals surface area contributed by atoms with E-state index >= 15 is 0 Å². The van der Waals surface area contributed by atoms with E-state index in [2.05, 4.69) is 16.1 Å². The molecule has 1 aromatic carbocycles. The van der Waals surface area contributed by atoms with Crippen LogP contribution in [0.1, 0.15) is 17.9 Å². The molecule has 7 heteroatoms. The molecule has 23 heavy (non-hydrogen) atoms. The predicted octanol–water partition coefficient (Wildman–Crippen LogP) is 1.94. The smallest absolute Gasteiger partial charge is 0.316 e. The summed E-state index contributed by atoms with van der Waals surface area (Å²) in [6.07, 6.45) is 0.179. The highest BCUT2D eigenvalue weighted by Crippen LogP contribution is 2.36. The van der Waals surface area contributed by atoms with Crippen molar-refractivity contribution in [2.24, 2.45) is 0 Å². The Hall–Kier alpha value is -2.46. The standard InChI is InChI=1S/C16H16N2O4S/c1-21-11-5-3-4-10(6-11)12-7-14(19)18-16(13(12)8-17)23-9-15(20)22-2/h3-6,12H,7,9H2,1-2H3,(H,18,19)/t12-/m1/s1. The number of hydrogen-bond donors (Lipinski definition) is 1. The van der Waals surface area contributed by atoms with Crippen LogP contribution in [-0.2, 0) is 14.3 Å². The SMILES string of the molecule is COC(=O)CSC1=C(C#N)[C@@H](c2cccc(OC)c2)CC(=O)N1. The van der Waals surface area contributed by atoms with Crippen LogP contribution in [0.3, 0.4) is 0 Å². The predicted molar refractivity (Wildman–Crippen MR) is 85.6 cm³/mol. The molecule has 1 heterocycles. The number of esters is 1. The number of hydrogen-bond acceptors (Lipinski definition) is 6. The number of nitriles is 1. The number of ether oxygens (including phenoxy) is 2. The Morgan fingerprint density at radius 1 is 1.48 bits per heavy atom. The number of benzene rings is 1. The molecule has 1 atom stereocenters. The minimum absolute atomic E-state index is 0.0299. The van der Waals surface area contributed by atoms with E-state index in [1.54, 1.807) is 13.2 Å². The lowest BCUT2D eigenvalue weighted by molar-refractivity contribution is -0.137. The van der Waals surface area contributed by atoms with E-state index in [0.717, 1.165) is 17.3 Å². The van der Waals surface area contributed by atoms with Crippen molar-refractivity contribution in [2.45, 2.75) is 12.3 Å². The number of rotatable bonds is 5. The fourth-order valence-electron chi connectivity index (χ4n) is 2.27. The van der Waals surface area contributed by atoms with Crippen LogP contribution in [0.25, 0.3) is 0 Å². The van der Waals surface area contributed by atoms with E-state index in [1.165, 1.54) is 7.11 Å². The Morgan fingerprint density at radius 2 is 2.26 bits per heavy atom. The molecule has 1 N–H and O–H groups in total. The molecule has 0 aliphatic carbocycles. The third kappa shape index (κ3) is 4.05. The Morgan fingerprint density at radius 3 is 2.91 bits per heavy atom. The van der Waals surface area contributed by atoms with Gasteiger partial charge in [-0.15, -0.1) is 0 Å². The molecule has 1 amide bonds. The van der Waals surface area contributed by atoms with E-state index in [1.807, 2.05) is 18.2 Å². The van der Waals surface area contributed by atoms with Gasteiger partial charge in [-0.25, -0.2) is 0 Å². The van der Waals surface area contributed by atoms with E-state index in [9.17, 15) is 14.9 Å². The highest BCUT2D eigenvalue weighted by Gasteiger charge is 2.30. The maximum absolute atomic E-state index is 12.0. The van der Waals surface area contributed by atoms with Gasteiger partial charge in [0.05, 0.1) is 36.6 Å². The summed E-state index contributed by atoms with van der Waals surface area (Å²) in [4.78, 5) is 23.3. The summed E-state index contributed by atoms with van der Waals surface area (Å²) < 4.78 is 9.78. The van der Waals surface area contributed by atoms with E-state index in [-0.39, 0.29) is 24.0 Å². The van der Waals surface area contributed by atoms with Gasteiger partial charge in [0.1, 0.15) is 5.75 Å². The molecule has 0 aromatic heterocycles. The largest absolute Gasteiger partial charge is 0.497 e. The Balaban J connectivity index is 2.35. The van der Waals surface area contributed by atoms with Crippen LogP contribution in [-0.4, -0.2) is 31.8 Å². The topological polar surface area (TPSA) is 88.4 Å². The van der Waals surface area contributed by atoms with Gasteiger partial charge in [-0.3, -0.25) is 9.59 Å². The van der Waals surface area contributed by atoms with Crippen molar-refractivity contribution in [3.63, 3.8) is 0 Å². The van der Waals surface area contributed by atoms with Crippen LogP contribution in [0, 0.1) is 11.3 Å². The first kappa shape index (κ1) is 16.9. The van der Waals surface area contributed by atoms with Crippen LogP contribution in [0.5, 0.6) is 5.75 Å². The van der Waals surface area contributed by atoms with Gasteiger partial charge in [0, 0.05) is 12.3 Å². The van der Waals surface area contributed by atoms with Crippen molar-refractivity contribution in [1.29, 1.82) is 5.26 Å². The quantitative estimate of drug-likeness (QED) is 0.829. The number of nitrogens with one attached hydrogen (secondary N) is 1. The van der Waals surface area contributed by atoms with Crippen LogP contribution in [0.15, 0.2) is 34.9 Å². The van der Waals surface area contributed by atoms with Gasteiger partial charge in [-0.1, -0.05) is 23.9 Å². The Labute approximate surface area is 138 Å². The minimum Gasteiger partial charge on any atom is -0.497 e. The van der Waals surface area contributed by atoms with Gasteiger partial charge in [0.2, 0.25) is 5.91 Å². The molecular formula is C16H16N2O4S. The van der Waals surface area contributed by atoms with Crippen molar-refractivity contribution in [2.75, 3.05) is 20.0 Å². The van der Waals surface area contributed by atoms with Crippen LogP contribution < -0.4 is 10.1 Å². The van der Waals surface area contributed by atoms with Gasteiger partial charge in [-0.2, -0.15) is 5.26 Å². The summed E-state index contributed by atoms with van der Waals surface area (Å²) in [6, 6.07) is 9.43. The normalized spacial score (nSPS) is 17.3. The maximum Gasteiger partial charge on any atom is 0.316 e. The molecule has 6 nitrogen and oxygen atoms in total. The molecule has 0 fully saturated rings. The molecule has 0 saturated carbocycles. The number of amides is 1. The molecule has 0 saturated heterocycles. The summed E-state index contributed by atoms with van der Waals surface area (Å²) in [7, 11) is 2.85. The zero-order valence-corrected chi connectivity index (χ0v) is 13.6. The number of thioether (sulfide) groups is 1. The number of allylic oxidation sites excluding steroid dienone is 1. The lowest BCUT2D eigenvalue weighted by Gasteiger charge is -2.25. The number of nitrogens with zero attached hydrogens (tertiary/aromatic N) is 1. The second-order valence-electron chi connectivity index (χ2n) is 4.80. The van der Waals surface area contributed by atoms with Crippen molar-refractivity contribution in [3.8, 4) is 11.8 Å². The summed E-state index contributed by atoms with van der Waals surface area (Å²) >= 11 is 1.09. The highest BCUT2D eigenvalue weighted by molar-refractivity contribution is 8.03. The molecular weight excluding hydrogens is 316 g/mol. The second kappa shape index (κ2) is 7.70. The molecule has 120 valence electrons. The first-order valence-electron chi connectivity index (χ1n) is 6.86. The van der Waals surface area contributed by atoms with Gasteiger partial charge in [0.25, 0.3) is 0 Å². The first-order valence-corrected chi connectivity index (χ1v) is 7.85. The molecule has 0 spiro atoms. The first-order chi connectivity index (χ1) is 11.1. The monoisotopic (exact) mass is 332 g/mol. The number of methoxy groups -OCH3 is 2. The maximum atomic E-state index is 12.0. The van der Waals surface area contributed by atoms with Gasteiger partial charge < -0.3 is 14.8 Å². The molecule has 0 unspecified atom stereocenters. The summed E-state index contributed by atoms with van der Waals surface area (Å²) in [5, 5.41) is 12.6. The van der Waals surface area contributed by atoms with Crippen LogP contribution in [0.4, 0.5) is 0 Å². The van der Waals surface area contributed by atoms with E-state index in [0.29, 0.717) is 16.4 Å². The lowest BCUT2D eigenvalue weighted by Crippen LogP contribution is -2.31. The average molecular weight is 332 g/mol. The van der Waals surface area contributed by atoms with Crippen molar-refractivity contribution in [3.05, 3.63) is 40.4 Å². The van der Waals surface area contributed by atoms with E-state index < -0.39 is 5.97 Å². The molecule has 0 bridgehead atoms. The minimum atomic E-state index is -0.419. The lowest BCUT2D eigenvalue weighted by atomic mass is 9.87. The van der Waals surface area contributed by atoms with Gasteiger partial charge >= 0.3 is 5.97 Å². The highest BCUT2D eigenvalue weighted by atomic mass is 32.2. The molecule has 0 radical (unpaired) electrons. The van der Waals surface area contributed by atoms with Crippen LogP contribution in [0.2, 0.25) is 0 Å². The molecule has 1 aliphatic rings. The summed E-state index contributed by atoms with van der Waals surface area (Å²) in [5.41, 5.74) is 1.26. The van der Waals surface area contributed by atoms with Crippen molar-refractivity contribution < 1.29 is 19.1 Å². The number of carbonyl (C=O) groups is 2. The third-order valence-corrected chi connectivity index (χ3v) is 4.40. The molecule has 1 aliphatic heterocycles. The Kier molecular flexibility index (Phi) is 5.66. The summed E-state index contributed by atoms with van der Waals surface area (Å²) in [6.45, 7) is 0. The van der Waals surface area contributed by atoms with Gasteiger partial charge in [0.15, 0.2) is 0 Å². The fraction of sp³-hybridized carbons (Fsp3) is 0.312. The van der Waals surface area contributed by atoms with E-state index in [4.69, 9.17) is 4.74 Å². The zero-order valence-electron chi connectivity index (χ0n) is 12.8. The molecule has 1 aromatic rings. The van der Waals surface area contributed by atoms with Crippen molar-refractivity contribution >= 4 is 23.6 Å². The second-order valence-corrected chi connectivity index (χ2v) is 5.79. The summed E-state index contributed by atoms with van der Waals surface area (Å²) in [5.74, 6) is -0.275. The zero-order chi connectivity index (χ0) is 16.8. The third-order valence-electron chi connectivity index (χ3n) is 3.41. The number of carbonyl (C=O) groups excluding carboxylic acids is 2. The average Bonchev–Trinajstić information content (AvgIpc) is 2.59. The fourth-order valence-corrected chi connectivity index (χ4v) is 3.18. The van der Waals surface area contributed by atoms with Crippen LogP contribution >= 0.6 is 11.8 Å². The van der Waals surface area contributed by atoms with Gasteiger partial charge in [-0.05, 0) is 17.7 Å². The Bertz CT molecular complexity index is 694. The molecule has 2 rings (SSSR count). The van der Waals surface area contributed by atoms with Crippen molar-refractivity contribution in [1.82, 2.24) is 5.32 Å².